The average molecular weight is 1260 g/mol. The summed E-state index contributed by atoms with van der Waals surface area (Å²) in [6.07, 6.45) is -38.1. The summed E-state index contributed by atoms with van der Waals surface area (Å²) in [4.78, 5) is 4.77. The van der Waals surface area contributed by atoms with Gasteiger partial charge in [-0.05, 0) is 30.6 Å². The predicted octanol–water partition coefficient (Wildman–Crippen LogP) is 16.9. The van der Waals surface area contributed by atoms with E-state index in [1.807, 2.05) is 0 Å². The molecular weight excluding hydrogens is 1240 g/mol. The third-order valence-electron chi connectivity index (χ3n) is 11.4. The molecule has 0 N–H and O–H groups in total. The molecule has 1 unspecified atom stereocenters. The summed E-state index contributed by atoms with van der Waals surface area (Å²) < 4.78 is 550. The predicted molar refractivity (Wildman–Crippen MR) is 179 cm³/mol. The van der Waals surface area contributed by atoms with Crippen LogP contribution in [0, 0.1) is 0 Å². The maximum absolute atomic E-state index is 15.2. The van der Waals surface area contributed by atoms with Crippen LogP contribution in [0.4, 0.5) is 171 Å². The lowest BCUT2D eigenvalue weighted by Gasteiger charge is -2.43. The zero-order valence-electron chi connectivity index (χ0n) is 36.5. The Morgan fingerprint density at radius 1 is 0.385 bits per heavy atom. The van der Waals surface area contributed by atoms with Gasteiger partial charge < -0.3 is 9.26 Å². The number of alkyl halides is 39. The first-order chi connectivity index (χ1) is 33.8. The zero-order chi connectivity index (χ0) is 62.5. The van der Waals surface area contributed by atoms with Crippen molar-refractivity contribution in [3.05, 3.63) is 35.9 Å². The Bertz CT molecular complexity index is 2080. The van der Waals surface area contributed by atoms with Crippen molar-refractivity contribution in [3.8, 4) is 0 Å². The lowest BCUT2D eigenvalue weighted by Crippen LogP contribution is -2.70. The molecule has 1 aromatic carbocycles. The Kier molecular flexibility index (Phi) is 18.0. The molecule has 43 heteroatoms. The maximum Gasteiger partial charge on any atom is 0.460 e. The molecule has 78 heavy (non-hydrogen) atoms. The van der Waals surface area contributed by atoms with E-state index in [0.29, 0.717) is 6.92 Å². The van der Waals surface area contributed by atoms with Gasteiger partial charge in [0.2, 0.25) is 0 Å². The summed E-state index contributed by atoms with van der Waals surface area (Å²) in [5.41, 5.74) is -3.48. The second-order valence-electron chi connectivity index (χ2n) is 17.1. The Morgan fingerprint density at radius 3 is 0.872 bits per heavy atom. The molecule has 0 saturated carbocycles. The quantitative estimate of drug-likeness (QED) is 0.0722. The highest BCUT2D eigenvalue weighted by atomic mass is 28.4. The molecule has 0 bridgehead atoms. The molecule has 0 fully saturated rings. The molecule has 3 nitrogen and oxygen atoms in total. The smallest absolute Gasteiger partial charge is 0.413 e. The highest BCUT2D eigenvalue weighted by Gasteiger charge is 2.93. The fraction of sp³-hybridized carbons (Fsp3) is 0.800. The molecule has 1 aliphatic rings. The summed E-state index contributed by atoms with van der Waals surface area (Å²) in [6, 6.07) is -4.88. The molecule has 1 atom stereocenters. The van der Waals surface area contributed by atoms with E-state index >= 15 is 26.3 Å². The fourth-order valence-electron chi connectivity index (χ4n) is 6.38. The van der Waals surface area contributed by atoms with E-state index < -0.39 is 177 Å². The first-order valence-electron chi connectivity index (χ1n) is 19.6. The third-order valence-corrected chi connectivity index (χ3v) is 15.6. The average Bonchev–Trinajstić information content (AvgIpc) is 3.66. The topological polar surface area (TPSA) is 30.8 Å². The van der Waals surface area contributed by atoms with E-state index in [1.165, 1.54) is 6.07 Å². The fourth-order valence-corrected chi connectivity index (χ4v) is 10.5. The number of hydrogen-bond acceptors (Lipinski definition) is 3. The molecular formula is C35H24F39NO2Si. The van der Waals surface area contributed by atoms with Crippen LogP contribution in [-0.2, 0) is 9.26 Å². The molecule has 2 rings (SSSR count). The Balaban J connectivity index is 3.10. The molecule has 1 heterocycles. The van der Waals surface area contributed by atoms with E-state index in [4.69, 9.17) is 4.84 Å². The van der Waals surface area contributed by atoms with Crippen LogP contribution >= 0.6 is 0 Å². The molecule has 1 aromatic rings. The molecule has 0 amide bonds. The van der Waals surface area contributed by atoms with Crippen LogP contribution < -0.4 is 0 Å². The summed E-state index contributed by atoms with van der Waals surface area (Å²) in [5.74, 6) is -128. The molecule has 0 radical (unpaired) electrons. The van der Waals surface area contributed by atoms with Gasteiger partial charge in [-0.3, -0.25) is 0 Å². The van der Waals surface area contributed by atoms with E-state index in [9.17, 15) is 145 Å². The number of oxime groups is 1. The van der Waals surface area contributed by atoms with Crippen LogP contribution in [0.1, 0.15) is 38.2 Å². The highest BCUT2D eigenvalue weighted by molar-refractivity contribution is 6.73. The first-order valence-corrected chi connectivity index (χ1v) is 22.1. The molecule has 0 aromatic heterocycles. The Hall–Kier alpha value is -3.86. The van der Waals surface area contributed by atoms with Crippen molar-refractivity contribution in [2.45, 2.75) is 164 Å². The van der Waals surface area contributed by atoms with Crippen LogP contribution in [0.5, 0.6) is 0 Å². The second-order valence-corrected chi connectivity index (χ2v) is 21.2. The molecule has 1 aliphatic heterocycles. The summed E-state index contributed by atoms with van der Waals surface area (Å²) >= 11 is 0. The minimum atomic E-state index is -8.93. The van der Waals surface area contributed by atoms with Crippen molar-refractivity contribution in [2.24, 2.45) is 5.16 Å². The van der Waals surface area contributed by atoms with E-state index in [2.05, 4.69) is 9.58 Å². The van der Waals surface area contributed by atoms with Crippen LogP contribution in [0.2, 0.25) is 18.1 Å². The lowest BCUT2D eigenvalue weighted by molar-refractivity contribution is -0.440. The largest absolute Gasteiger partial charge is 0.460 e. The molecule has 0 aliphatic carbocycles. The van der Waals surface area contributed by atoms with Gasteiger partial charge in [-0.25, -0.2) is 0 Å². The SMILES string of the molecule is CC1(CO[Si](CCC(F)(F)C(F)(F)C(F)(F)C(F)(F)C(F)(F)C(F)(F)F)(CCC(F)(F)C(F)(F)C(F)(F)C(F)(F)C(F)(F)C(F)(F)F)CCC(F)(F)C(F)(F)C(F)(F)C(F)(F)C(F)(F)C(F)(F)F)CC(c2ccccc2)=NO1. The minimum Gasteiger partial charge on any atom is -0.413 e. The highest BCUT2D eigenvalue weighted by Crippen LogP contribution is 2.65. The van der Waals surface area contributed by atoms with Crippen molar-refractivity contribution in [1.82, 2.24) is 0 Å². The molecule has 458 valence electrons. The van der Waals surface area contributed by atoms with Gasteiger partial charge in [-0.1, -0.05) is 35.5 Å². The summed E-state index contributed by atoms with van der Waals surface area (Å²) in [7, 11) is -7.44. The first kappa shape index (κ1) is 70.2. The van der Waals surface area contributed by atoms with Gasteiger partial charge in [0, 0.05) is 25.7 Å². The Morgan fingerprint density at radius 2 is 0.628 bits per heavy atom. The van der Waals surface area contributed by atoms with Crippen molar-refractivity contribution in [1.29, 1.82) is 0 Å². The standard InChI is InChI=1S/C35H24F39NO2Si/c1-17(13-16(75-77-17)15-5-3-2-4-6-15)14-76-78(10-7-18(36,37)21(42,43)24(48,49)27(54,55)30(60,61)33(66,67)68,11-8-19(38,39)22(44,45)25(50,51)28(56,57)31(62,63)34(69,70)71)12-9-20(40,41)23(46,47)26(52,53)29(58,59)32(64,65)35(72,73)74/h2-6H,7-14H2,1H3. The van der Waals surface area contributed by atoms with E-state index in [0.717, 1.165) is 24.3 Å². The van der Waals surface area contributed by atoms with Crippen LogP contribution in [0.25, 0.3) is 0 Å². The monoisotopic (exact) mass is 1260 g/mol. The van der Waals surface area contributed by atoms with Gasteiger partial charge in [-0.15, -0.1) is 0 Å². The normalized spacial score (nSPS) is 18.8. The lowest BCUT2D eigenvalue weighted by atomic mass is 9.93. The van der Waals surface area contributed by atoms with Crippen molar-refractivity contribution in [2.75, 3.05) is 6.61 Å². The van der Waals surface area contributed by atoms with Gasteiger partial charge in [0.15, 0.2) is 13.9 Å². The van der Waals surface area contributed by atoms with Gasteiger partial charge in [0.05, 0.1) is 12.3 Å². The molecule has 0 spiro atoms. The second kappa shape index (κ2) is 19.9. The molecule has 0 saturated heterocycles. The zero-order valence-corrected chi connectivity index (χ0v) is 37.5. The Labute approximate surface area is 406 Å². The van der Waals surface area contributed by atoms with Gasteiger partial charge in [0.25, 0.3) is 0 Å². The van der Waals surface area contributed by atoms with E-state index in [-0.39, 0.29) is 5.56 Å². The number of nitrogens with zero attached hydrogens (tertiary/aromatic N) is 1. The van der Waals surface area contributed by atoms with Gasteiger partial charge in [-0.2, -0.15) is 171 Å². The van der Waals surface area contributed by atoms with Gasteiger partial charge in [0.1, 0.15) is 0 Å². The maximum atomic E-state index is 15.2. The minimum absolute atomic E-state index is 0.174. The van der Waals surface area contributed by atoms with Crippen LogP contribution in [0.15, 0.2) is 35.5 Å². The number of rotatable bonds is 25. The van der Waals surface area contributed by atoms with Crippen molar-refractivity contribution >= 4 is 14.0 Å². The van der Waals surface area contributed by atoms with E-state index in [1.54, 1.807) is 0 Å². The van der Waals surface area contributed by atoms with Gasteiger partial charge >= 0.3 is 107 Å². The van der Waals surface area contributed by atoms with Crippen LogP contribution in [-0.4, -0.2) is 134 Å². The van der Waals surface area contributed by atoms with Crippen molar-refractivity contribution in [3.63, 3.8) is 0 Å². The third kappa shape index (κ3) is 11.0. The number of halogens is 39. The number of benzene rings is 1. The summed E-state index contributed by atoms with van der Waals surface area (Å²) in [5, 5.41) is 3.28. The van der Waals surface area contributed by atoms with Crippen LogP contribution in [0.3, 0.4) is 0 Å². The summed E-state index contributed by atoms with van der Waals surface area (Å²) in [6.45, 7) is -1.80. The number of hydrogen-bond donors (Lipinski definition) is 0. The van der Waals surface area contributed by atoms with Crippen molar-refractivity contribution < 1.29 is 180 Å².